The van der Waals surface area contributed by atoms with Gasteiger partial charge in [0, 0.05) is 18.8 Å². The predicted molar refractivity (Wildman–Crippen MR) is 120 cm³/mol. The van der Waals surface area contributed by atoms with Gasteiger partial charge in [-0.25, -0.2) is 0 Å². The Morgan fingerprint density at radius 2 is 1.76 bits per heavy atom. The average molecular weight is 395 g/mol. The first-order valence-electron chi connectivity index (χ1n) is 10.7. The molecule has 0 bridgehead atoms. The SMILES string of the molecule is Cc1cc(C)cc(O[C@H](C)C(=O)N[C@@H](C)c2ccc(N3CCC[C@H](C)C3)cc2)c1. The number of carbonyl (C=O) groups excluding carboxylic acids is 1. The molecule has 156 valence electrons. The Morgan fingerprint density at radius 1 is 1.10 bits per heavy atom. The number of ether oxygens (including phenoxy) is 1. The highest BCUT2D eigenvalue weighted by molar-refractivity contribution is 5.81. The van der Waals surface area contributed by atoms with Crippen LogP contribution in [-0.2, 0) is 4.79 Å². The van der Waals surface area contributed by atoms with Crippen molar-refractivity contribution in [2.75, 3.05) is 18.0 Å². The molecule has 0 saturated carbocycles. The fraction of sp³-hybridized carbons (Fsp3) is 0.480. The van der Waals surface area contributed by atoms with Crippen LogP contribution in [0.5, 0.6) is 5.75 Å². The summed E-state index contributed by atoms with van der Waals surface area (Å²) in [6, 6.07) is 14.5. The van der Waals surface area contributed by atoms with Crippen LogP contribution in [0.3, 0.4) is 0 Å². The number of nitrogens with zero attached hydrogens (tertiary/aromatic N) is 1. The normalized spacial score (nSPS) is 18.8. The lowest BCUT2D eigenvalue weighted by atomic mass is 9.99. The fourth-order valence-corrected chi connectivity index (χ4v) is 4.07. The number of amides is 1. The van der Waals surface area contributed by atoms with E-state index < -0.39 is 6.10 Å². The molecule has 2 aromatic carbocycles. The largest absolute Gasteiger partial charge is 0.481 e. The lowest BCUT2D eigenvalue weighted by Gasteiger charge is -2.33. The van der Waals surface area contributed by atoms with Crippen molar-refractivity contribution in [1.82, 2.24) is 5.32 Å². The first kappa shape index (κ1) is 21.2. The number of piperidine rings is 1. The molecule has 1 saturated heterocycles. The topological polar surface area (TPSA) is 41.6 Å². The molecule has 0 aliphatic carbocycles. The zero-order valence-electron chi connectivity index (χ0n) is 18.4. The molecule has 2 aromatic rings. The molecular weight excluding hydrogens is 360 g/mol. The monoisotopic (exact) mass is 394 g/mol. The first-order chi connectivity index (χ1) is 13.8. The summed E-state index contributed by atoms with van der Waals surface area (Å²) in [6.45, 7) is 12.4. The van der Waals surface area contributed by atoms with E-state index in [0.717, 1.165) is 41.4 Å². The molecular formula is C25H34N2O2. The summed E-state index contributed by atoms with van der Waals surface area (Å²) in [4.78, 5) is 15.1. The highest BCUT2D eigenvalue weighted by Crippen LogP contribution is 2.25. The van der Waals surface area contributed by atoms with E-state index in [2.05, 4.69) is 47.5 Å². The molecule has 3 atom stereocenters. The van der Waals surface area contributed by atoms with E-state index in [1.807, 2.05) is 32.9 Å². The Kier molecular flexibility index (Phi) is 6.83. The third-order valence-corrected chi connectivity index (χ3v) is 5.65. The van der Waals surface area contributed by atoms with Crippen LogP contribution in [0.25, 0.3) is 0 Å². The number of hydrogen-bond acceptors (Lipinski definition) is 3. The summed E-state index contributed by atoms with van der Waals surface area (Å²) >= 11 is 0. The molecule has 4 heteroatoms. The molecule has 0 unspecified atom stereocenters. The van der Waals surface area contributed by atoms with Gasteiger partial charge in [0.15, 0.2) is 6.10 Å². The maximum absolute atomic E-state index is 12.6. The van der Waals surface area contributed by atoms with Crippen LogP contribution in [0.4, 0.5) is 5.69 Å². The second-order valence-corrected chi connectivity index (χ2v) is 8.60. The quantitative estimate of drug-likeness (QED) is 0.733. The number of hydrogen-bond donors (Lipinski definition) is 1. The summed E-state index contributed by atoms with van der Waals surface area (Å²) < 4.78 is 5.86. The molecule has 4 nitrogen and oxygen atoms in total. The molecule has 1 N–H and O–H groups in total. The summed E-state index contributed by atoms with van der Waals surface area (Å²) in [5, 5.41) is 3.07. The van der Waals surface area contributed by atoms with Gasteiger partial charge in [-0.1, -0.05) is 25.1 Å². The average Bonchev–Trinajstić information content (AvgIpc) is 2.67. The summed E-state index contributed by atoms with van der Waals surface area (Å²) in [5.41, 5.74) is 4.63. The minimum atomic E-state index is -0.548. The predicted octanol–water partition coefficient (Wildman–Crippen LogP) is 5.18. The Labute approximate surface area is 175 Å². The molecule has 1 heterocycles. The number of aryl methyl sites for hydroxylation is 2. The van der Waals surface area contributed by atoms with Gasteiger partial charge in [0.25, 0.3) is 5.91 Å². The van der Waals surface area contributed by atoms with E-state index >= 15 is 0 Å². The van der Waals surface area contributed by atoms with E-state index in [-0.39, 0.29) is 11.9 Å². The summed E-state index contributed by atoms with van der Waals surface area (Å²) in [6.07, 6.45) is 2.03. The second kappa shape index (κ2) is 9.34. The number of nitrogens with one attached hydrogen (secondary N) is 1. The summed E-state index contributed by atoms with van der Waals surface area (Å²) in [5.74, 6) is 1.38. The third-order valence-electron chi connectivity index (χ3n) is 5.65. The number of anilines is 1. The van der Waals surface area contributed by atoms with Crippen molar-refractivity contribution >= 4 is 11.6 Å². The van der Waals surface area contributed by atoms with Crippen molar-refractivity contribution in [2.45, 2.75) is 59.6 Å². The van der Waals surface area contributed by atoms with E-state index in [9.17, 15) is 4.79 Å². The van der Waals surface area contributed by atoms with Gasteiger partial charge >= 0.3 is 0 Å². The van der Waals surface area contributed by atoms with Gasteiger partial charge in [0.1, 0.15) is 5.75 Å². The highest BCUT2D eigenvalue weighted by atomic mass is 16.5. The van der Waals surface area contributed by atoms with Gasteiger partial charge in [-0.3, -0.25) is 4.79 Å². The van der Waals surface area contributed by atoms with Gasteiger partial charge < -0.3 is 15.0 Å². The van der Waals surface area contributed by atoms with Gasteiger partial charge in [-0.05, 0) is 87.4 Å². The minimum absolute atomic E-state index is 0.0675. The third kappa shape index (κ3) is 5.75. The van der Waals surface area contributed by atoms with E-state index in [1.54, 1.807) is 6.92 Å². The molecule has 1 amide bonds. The first-order valence-corrected chi connectivity index (χ1v) is 10.7. The Morgan fingerprint density at radius 3 is 2.38 bits per heavy atom. The van der Waals surface area contributed by atoms with Crippen LogP contribution < -0.4 is 15.0 Å². The van der Waals surface area contributed by atoms with E-state index in [4.69, 9.17) is 4.74 Å². The number of rotatable bonds is 6. The zero-order valence-corrected chi connectivity index (χ0v) is 18.4. The number of carbonyl (C=O) groups is 1. The van der Waals surface area contributed by atoms with Crippen molar-refractivity contribution in [3.63, 3.8) is 0 Å². The van der Waals surface area contributed by atoms with Crippen molar-refractivity contribution in [3.8, 4) is 5.75 Å². The molecule has 1 aliphatic rings. The van der Waals surface area contributed by atoms with Gasteiger partial charge in [-0.2, -0.15) is 0 Å². The van der Waals surface area contributed by atoms with Crippen molar-refractivity contribution < 1.29 is 9.53 Å². The van der Waals surface area contributed by atoms with Crippen LogP contribution >= 0.6 is 0 Å². The Hall–Kier alpha value is -2.49. The summed E-state index contributed by atoms with van der Waals surface area (Å²) in [7, 11) is 0. The van der Waals surface area contributed by atoms with Crippen molar-refractivity contribution in [3.05, 3.63) is 59.2 Å². The molecule has 0 aromatic heterocycles. The van der Waals surface area contributed by atoms with Crippen molar-refractivity contribution in [2.24, 2.45) is 5.92 Å². The smallest absolute Gasteiger partial charge is 0.261 e. The molecule has 29 heavy (non-hydrogen) atoms. The van der Waals surface area contributed by atoms with Gasteiger partial charge in [0.05, 0.1) is 6.04 Å². The van der Waals surface area contributed by atoms with E-state index in [0.29, 0.717) is 0 Å². The molecule has 1 fully saturated rings. The van der Waals surface area contributed by atoms with E-state index in [1.165, 1.54) is 18.5 Å². The van der Waals surface area contributed by atoms with Crippen LogP contribution in [0.2, 0.25) is 0 Å². The standard InChI is InChI=1S/C25H34N2O2/c1-17-7-6-12-27(16-17)23-10-8-22(9-11-23)20(4)26-25(28)21(5)29-24-14-18(2)13-19(3)15-24/h8-11,13-15,17,20-21H,6-7,12,16H2,1-5H3,(H,26,28)/t17-,20-,21+/m0/s1. The molecule has 3 rings (SSSR count). The molecule has 0 spiro atoms. The Balaban J connectivity index is 1.57. The zero-order chi connectivity index (χ0) is 21.0. The van der Waals surface area contributed by atoms with Crippen molar-refractivity contribution in [1.29, 1.82) is 0 Å². The maximum atomic E-state index is 12.6. The maximum Gasteiger partial charge on any atom is 0.261 e. The molecule has 0 radical (unpaired) electrons. The Bertz CT molecular complexity index is 811. The lowest BCUT2D eigenvalue weighted by Crippen LogP contribution is -2.37. The fourth-order valence-electron chi connectivity index (χ4n) is 4.07. The highest BCUT2D eigenvalue weighted by Gasteiger charge is 2.19. The lowest BCUT2D eigenvalue weighted by molar-refractivity contribution is -0.127. The van der Waals surface area contributed by atoms with Crippen LogP contribution in [-0.4, -0.2) is 25.1 Å². The van der Waals surface area contributed by atoms with Crippen LogP contribution in [0.1, 0.15) is 56.3 Å². The van der Waals surface area contributed by atoms with Gasteiger partial charge in [0.2, 0.25) is 0 Å². The molecule has 1 aliphatic heterocycles. The van der Waals surface area contributed by atoms with Crippen LogP contribution in [0, 0.1) is 19.8 Å². The second-order valence-electron chi connectivity index (χ2n) is 8.60. The van der Waals surface area contributed by atoms with Crippen LogP contribution in [0.15, 0.2) is 42.5 Å². The minimum Gasteiger partial charge on any atom is -0.481 e. The number of benzene rings is 2. The van der Waals surface area contributed by atoms with Gasteiger partial charge in [-0.15, -0.1) is 0 Å².